The molecule has 0 aliphatic rings. The van der Waals surface area contributed by atoms with E-state index in [4.69, 9.17) is 11.5 Å². The fourth-order valence-electron chi connectivity index (χ4n) is 4.81. The van der Waals surface area contributed by atoms with Crippen LogP contribution in [-0.2, 0) is 12.8 Å². The van der Waals surface area contributed by atoms with Gasteiger partial charge in [0, 0.05) is 17.8 Å². The standard InChI is InChI=1S/C33H39N3/c1-3-36-33-17-16-30(28-13-5-9-26(21-28)11-7-19-35)23-32(33)31-22-29(15-14-24(31)2)27-12-4-8-25(20-27)10-6-18-34/h4-5,8-9,12-17,20-23,36H,3,6-7,10-11,18-19,34-35H2,1-2H3. The Morgan fingerprint density at radius 3 is 1.69 bits per heavy atom. The highest BCUT2D eigenvalue weighted by Gasteiger charge is 2.12. The minimum atomic E-state index is 0.720. The first-order valence-corrected chi connectivity index (χ1v) is 13.2. The third-order valence-electron chi connectivity index (χ3n) is 6.77. The summed E-state index contributed by atoms with van der Waals surface area (Å²) in [6, 6.07) is 31.3. The Bertz CT molecular complexity index is 1290. The zero-order chi connectivity index (χ0) is 25.3. The highest BCUT2D eigenvalue weighted by molar-refractivity contribution is 5.86. The van der Waals surface area contributed by atoms with E-state index in [-0.39, 0.29) is 0 Å². The maximum absolute atomic E-state index is 5.74. The van der Waals surface area contributed by atoms with Gasteiger partial charge in [0.2, 0.25) is 0 Å². The normalized spacial score (nSPS) is 11.0. The van der Waals surface area contributed by atoms with Crippen molar-refractivity contribution >= 4 is 5.69 Å². The number of rotatable bonds is 11. The molecule has 3 heteroatoms. The molecule has 4 aromatic carbocycles. The lowest BCUT2D eigenvalue weighted by atomic mass is 9.91. The van der Waals surface area contributed by atoms with Gasteiger partial charge in [0.1, 0.15) is 0 Å². The monoisotopic (exact) mass is 477 g/mol. The van der Waals surface area contributed by atoms with Crippen molar-refractivity contribution < 1.29 is 0 Å². The Labute approximate surface area is 216 Å². The van der Waals surface area contributed by atoms with Gasteiger partial charge >= 0.3 is 0 Å². The quantitative estimate of drug-likeness (QED) is 0.214. The molecule has 5 N–H and O–H groups in total. The van der Waals surface area contributed by atoms with Crippen molar-refractivity contribution in [2.45, 2.75) is 39.5 Å². The van der Waals surface area contributed by atoms with Crippen molar-refractivity contribution in [3.05, 3.63) is 102 Å². The van der Waals surface area contributed by atoms with E-state index >= 15 is 0 Å². The van der Waals surface area contributed by atoms with Crippen LogP contribution in [-0.4, -0.2) is 19.6 Å². The summed E-state index contributed by atoms with van der Waals surface area (Å²) < 4.78 is 0. The third kappa shape index (κ3) is 6.23. The second-order valence-electron chi connectivity index (χ2n) is 9.51. The van der Waals surface area contributed by atoms with Gasteiger partial charge in [0.25, 0.3) is 0 Å². The molecule has 0 fully saturated rings. The van der Waals surface area contributed by atoms with Gasteiger partial charge in [-0.1, -0.05) is 66.7 Å². The van der Waals surface area contributed by atoms with E-state index in [0.717, 1.165) is 51.0 Å². The summed E-state index contributed by atoms with van der Waals surface area (Å²) in [7, 11) is 0. The van der Waals surface area contributed by atoms with Gasteiger partial charge in [-0.05, 0) is 115 Å². The molecule has 0 amide bonds. The summed E-state index contributed by atoms with van der Waals surface area (Å²) in [6.07, 6.45) is 4.04. The minimum absolute atomic E-state index is 0.720. The summed E-state index contributed by atoms with van der Waals surface area (Å²) in [5.41, 5.74) is 24.0. The molecule has 0 aliphatic heterocycles. The van der Waals surface area contributed by atoms with Gasteiger partial charge in [-0.15, -0.1) is 0 Å². The maximum Gasteiger partial charge on any atom is 0.0420 e. The first-order valence-electron chi connectivity index (χ1n) is 13.2. The number of hydrogen-bond donors (Lipinski definition) is 3. The summed E-state index contributed by atoms with van der Waals surface area (Å²) in [5, 5.41) is 3.59. The van der Waals surface area contributed by atoms with Crippen molar-refractivity contribution in [2.75, 3.05) is 25.0 Å². The van der Waals surface area contributed by atoms with E-state index in [9.17, 15) is 0 Å². The molecule has 0 saturated carbocycles. The van der Waals surface area contributed by atoms with E-state index in [1.807, 2.05) is 0 Å². The van der Waals surface area contributed by atoms with E-state index < -0.39 is 0 Å². The molecule has 0 bridgehead atoms. The number of nitrogens with two attached hydrogens (primary N) is 2. The number of aryl methyl sites for hydroxylation is 3. The van der Waals surface area contributed by atoms with Crippen LogP contribution in [0.1, 0.15) is 36.5 Å². The lowest BCUT2D eigenvalue weighted by Gasteiger charge is -2.17. The van der Waals surface area contributed by atoms with Gasteiger partial charge < -0.3 is 16.8 Å². The van der Waals surface area contributed by atoms with Gasteiger partial charge in [0.15, 0.2) is 0 Å². The summed E-state index contributed by atoms with van der Waals surface area (Å²) >= 11 is 0. The van der Waals surface area contributed by atoms with Crippen molar-refractivity contribution in [2.24, 2.45) is 11.5 Å². The molecule has 36 heavy (non-hydrogen) atoms. The lowest BCUT2D eigenvalue weighted by Crippen LogP contribution is -2.01. The fraction of sp³-hybridized carbons (Fsp3) is 0.273. The first kappa shape index (κ1) is 25.7. The molecular weight excluding hydrogens is 438 g/mol. The van der Waals surface area contributed by atoms with E-state index in [1.54, 1.807) is 0 Å². The Morgan fingerprint density at radius 1 is 0.611 bits per heavy atom. The topological polar surface area (TPSA) is 64.1 Å². The third-order valence-corrected chi connectivity index (χ3v) is 6.77. The smallest absolute Gasteiger partial charge is 0.0420 e. The van der Waals surface area contributed by atoms with E-state index in [2.05, 4.69) is 104 Å². The maximum atomic E-state index is 5.74. The van der Waals surface area contributed by atoms with Crippen LogP contribution in [0.4, 0.5) is 5.69 Å². The predicted molar refractivity (Wildman–Crippen MR) is 156 cm³/mol. The summed E-state index contributed by atoms with van der Waals surface area (Å²) in [6.45, 7) is 6.67. The zero-order valence-electron chi connectivity index (χ0n) is 21.7. The molecule has 0 atom stereocenters. The minimum Gasteiger partial charge on any atom is -0.385 e. The van der Waals surface area contributed by atoms with Crippen LogP contribution in [0.25, 0.3) is 33.4 Å². The molecular formula is C33H39N3. The molecule has 4 aromatic rings. The molecule has 4 rings (SSSR count). The number of anilines is 1. The van der Waals surface area contributed by atoms with E-state index in [0.29, 0.717) is 0 Å². The number of nitrogens with one attached hydrogen (secondary N) is 1. The van der Waals surface area contributed by atoms with Crippen LogP contribution in [0.3, 0.4) is 0 Å². The van der Waals surface area contributed by atoms with Crippen LogP contribution in [0.5, 0.6) is 0 Å². The molecule has 0 saturated heterocycles. The predicted octanol–water partition coefficient (Wildman–Crippen LogP) is 7.21. The second-order valence-corrected chi connectivity index (χ2v) is 9.51. The molecule has 0 unspecified atom stereocenters. The average Bonchev–Trinajstić information content (AvgIpc) is 2.92. The molecule has 0 radical (unpaired) electrons. The number of hydrogen-bond acceptors (Lipinski definition) is 3. The van der Waals surface area contributed by atoms with Gasteiger partial charge in [-0.2, -0.15) is 0 Å². The van der Waals surface area contributed by atoms with Crippen LogP contribution in [0.15, 0.2) is 84.9 Å². The number of benzene rings is 4. The van der Waals surface area contributed by atoms with Crippen molar-refractivity contribution in [1.29, 1.82) is 0 Å². The largest absolute Gasteiger partial charge is 0.385 e. The van der Waals surface area contributed by atoms with Crippen LogP contribution in [0, 0.1) is 6.92 Å². The van der Waals surface area contributed by atoms with E-state index in [1.165, 1.54) is 50.1 Å². The molecule has 186 valence electrons. The molecule has 0 spiro atoms. The average molecular weight is 478 g/mol. The van der Waals surface area contributed by atoms with Gasteiger partial charge in [-0.25, -0.2) is 0 Å². The highest BCUT2D eigenvalue weighted by Crippen LogP contribution is 2.37. The second kappa shape index (κ2) is 12.5. The summed E-state index contributed by atoms with van der Waals surface area (Å²) in [5.74, 6) is 0. The summed E-state index contributed by atoms with van der Waals surface area (Å²) in [4.78, 5) is 0. The van der Waals surface area contributed by atoms with Crippen LogP contribution in [0.2, 0.25) is 0 Å². The van der Waals surface area contributed by atoms with Crippen molar-refractivity contribution in [3.8, 4) is 33.4 Å². The Morgan fingerprint density at radius 2 is 1.14 bits per heavy atom. The Hall–Kier alpha value is -3.40. The van der Waals surface area contributed by atoms with Crippen molar-refractivity contribution in [3.63, 3.8) is 0 Å². The van der Waals surface area contributed by atoms with Gasteiger partial charge in [-0.3, -0.25) is 0 Å². The molecule has 0 heterocycles. The first-order chi connectivity index (χ1) is 17.6. The Balaban J connectivity index is 1.76. The van der Waals surface area contributed by atoms with Gasteiger partial charge in [0.05, 0.1) is 0 Å². The lowest BCUT2D eigenvalue weighted by molar-refractivity contribution is 0.833. The Kier molecular flexibility index (Phi) is 8.94. The molecule has 3 nitrogen and oxygen atoms in total. The highest BCUT2D eigenvalue weighted by atomic mass is 14.9. The fourth-order valence-corrected chi connectivity index (χ4v) is 4.81. The molecule has 0 aromatic heterocycles. The molecule has 0 aliphatic carbocycles. The zero-order valence-corrected chi connectivity index (χ0v) is 21.7. The van der Waals surface area contributed by atoms with Crippen molar-refractivity contribution in [1.82, 2.24) is 0 Å². The van der Waals surface area contributed by atoms with Crippen LogP contribution >= 0.6 is 0 Å². The van der Waals surface area contributed by atoms with Crippen LogP contribution < -0.4 is 16.8 Å². The SMILES string of the molecule is CCNc1ccc(-c2cccc(CCCN)c2)cc1-c1cc(-c2cccc(CCCN)c2)ccc1C.